The lowest BCUT2D eigenvalue weighted by Gasteiger charge is -2.56. The van der Waals surface area contributed by atoms with Crippen molar-refractivity contribution in [1.82, 2.24) is 0 Å². The first-order chi connectivity index (χ1) is 16.4. The van der Waals surface area contributed by atoms with Crippen LogP contribution in [0.25, 0.3) is 11.1 Å². The fourth-order valence-corrected chi connectivity index (χ4v) is 9.17. The van der Waals surface area contributed by atoms with E-state index >= 15 is 0 Å². The fourth-order valence-electron chi connectivity index (χ4n) is 9.17. The summed E-state index contributed by atoms with van der Waals surface area (Å²) < 4.78 is 0. The highest BCUT2D eigenvalue weighted by molar-refractivity contribution is 5.99. The summed E-state index contributed by atoms with van der Waals surface area (Å²) in [6.45, 7) is 4.51. The summed E-state index contributed by atoms with van der Waals surface area (Å²) in [5, 5.41) is 10.6. The molecule has 0 aromatic heterocycles. The number of fused-ring (bicyclic) bond motifs is 5. The zero-order chi connectivity index (χ0) is 23.5. The number of carbonyl (C=O) groups is 1. The first-order valence-corrected chi connectivity index (χ1v) is 13.8. The first-order valence-electron chi connectivity index (χ1n) is 13.8. The van der Waals surface area contributed by atoms with E-state index in [-0.39, 0.29) is 11.3 Å². The lowest BCUT2D eigenvalue weighted by atomic mass is 9.49. The van der Waals surface area contributed by atoms with Crippen LogP contribution in [0, 0.1) is 40.9 Å². The second-order valence-corrected chi connectivity index (χ2v) is 12.7. The Morgan fingerprint density at radius 1 is 0.765 bits per heavy atom. The molecule has 4 saturated carbocycles. The van der Waals surface area contributed by atoms with E-state index in [0.717, 1.165) is 48.5 Å². The smallest absolute Gasteiger partial charge is 0.166 e. The molecule has 0 heterocycles. The Hall–Kier alpha value is -1.93. The van der Waals surface area contributed by atoms with Crippen molar-refractivity contribution in [3.05, 3.63) is 60.2 Å². The second-order valence-electron chi connectivity index (χ2n) is 12.7. The number of benzene rings is 2. The zero-order valence-electron chi connectivity index (χ0n) is 20.9. The minimum Gasteiger partial charge on any atom is -0.390 e. The Kier molecular flexibility index (Phi) is 5.52. The molecule has 180 valence electrons. The molecule has 0 spiro atoms. The van der Waals surface area contributed by atoms with Gasteiger partial charge >= 0.3 is 0 Å². The summed E-state index contributed by atoms with van der Waals surface area (Å²) in [5.74, 6) is 4.40. The maximum absolute atomic E-state index is 13.8. The molecular formula is C32H40O2. The van der Waals surface area contributed by atoms with Crippen molar-refractivity contribution in [1.29, 1.82) is 0 Å². The van der Waals surface area contributed by atoms with Crippen molar-refractivity contribution in [2.75, 3.05) is 0 Å². The van der Waals surface area contributed by atoms with Gasteiger partial charge in [0.1, 0.15) is 0 Å². The third kappa shape index (κ3) is 3.68. The van der Waals surface area contributed by atoms with E-state index in [4.69, 9.17) is 0 Å². The lowest BCUT2D eigenvalue weighted by Crippen LogP contribution is -2.51. The van der Waals surface area contributed by atoms with Crippen molar-refractivity contribution in [2.45, 2.75) is 77.2 Å². The van der Waals surface area contributed by atoms with E-state index in [1.807, 2.05) is 13.0 Å². The van der Waals surface area contributed by atoms with E-state index in [9.17, 15) is 9.90 Å². The Bertz CT molecular complexity index is 1040. The average molecular weight is 457 g/mol. The van der Waals surface area contributed by atoms with Gasteiger partial charge in [0.05, 0.1) is 5.60 Å². The van der Waals surface area contributed by atoms with Gasteiger partial charge in [0.15, 0.2) is 5.78 Å². The van der Waals surface area contributed by atoms with Gasteiger partial charge in [0.25, 0.3) is 0 Å². The molecule has 0 saturated heterocycles. The quantitative estimate of drug-likeness (QED) is 0.484. The third-order valence-corrected chi connectivity index (χ3v) is 10.8. The monoisotopic (exact) mass is 456 g/mol. The van der Waals surface area contributed by atoms with E-state index in [1.54, 1.807) is 0 Å². The lowest BCUT2D eigenvalue weighted by molar-refractivity contribution is -0.0976. The molecule has 0 unspecified atom stereocenters. The highest BCUT2D eigenvalue weighted by Gasteiger charge is 2.58. The van der Waals surface area contributed by atoms with E-state index in [1.165, 1.54) is 49.7 Å². The Labute approximate surface area is 205 Å². The number of hydrogen-bond donors (Lipinski definition) is 1. The second kappa shape index (κ2) is 8.33. The molecule has 0 aliphatic heterocycles. The van der Waals surface area contributed by atoms with Crippen molar-refractivity contribution < 1.29 is 9.90 Å². The number of aliphatic hydroxyl groups is 1. The van der Waals surface area contributed by atoms with Crippen LogP contribution in [0.2, 0.25) is 0 Å². The molecule has 2 heteroatoms. The molecule has 6 rings (SSSR count). The highest BCUT2D eigenvalue weighted by Crippen LogP contribution is 2.65. The van der Waals surface area contributed by atoms with Crippen LogP contribution in [-0.4, -0.2) is 16.5 Å². The van der Waals surface area contributed by atoms with Crippen molar-refractivity contribution in [3.63, 3.8) is 0 Å². The maximum atomic E-state index is 13.8. The molecule has 0 radical (unpaired) electrons. The minimum atomic E-state index is -0.446. The SMILES string of the molecule is C[C@@]1(O)CC[C@H]2[C@@H](CC[C@@H]3[C@@H]2CC[C@]2(C)[C@@H](C(=O)c4ccc(-c5ccccc5)cc4)CC[C@@H]32)C1. The fraction of sp³-hybridized carbons (Fsp3) is 0.594. The van der Waals surface area contributed by atoms with Gasteiger partial charge in [-0.3, -0.25) is 4.79 Å². The van der Waals surface area contributed by atoms with Crippen LogP contribution < -0.4 is 0 Å². The summed E-state index contributed by atoms with van der Waals surface area (Å²) in [6.07, 6.45) is 10.6. The molecule has 2 aromatic carbocycles. The van der Waals surface area contributed by atoms with Crippen LogP contribution in [0.15, 0.2) is 54.6 Å². The van der Waals surface area contributed by atoms with Crippen LogP contribution in [-0.2, 0) is 0 Å². The molecule has 34 heavy (non-hydrogen) atoms. The van der Waals surface area contributed by atoms with Crippen molar-refractivity contribution >= 4 is 5.78 Å². The summed E-state index contributed by atoms with van der Waals surface area (Å²) in [5.41, 5.74) is 2.98. The van der Waals surface area contributed by atoms with Gasteiger partial charge in [-0.2, -0.15) is 0 Å². The average Bonchev–Trinajstić information content (AvgIpc) is 3.20. The van der Waals surface area contributed by atoms with Gasteiger partial charge < -0.3 is 5.11 Å². The number of rotatable bonds is 3. The first kappa shape index (κ1) is 22.5. The third-order valence-electron chi connectivity index (χ3n) is 10.8. The number of carbonyl (C=O) groups excluding carboxylic acids is 1. The van der Waals surface area contributed by atoms with Gasteiger partial charge in [0.2, 0.25) is 0 Å². The van der Waals surface area contributed by atoms with Crippen LogP contribution in [0.4, 0.5) is 0 Å². The van der Waals surface area contributed by atoms with E-state index in [0.29, 0.717) is 11.7 Å². The van der Waals surface area contributed by atoms with Gasteiger partial charge in [-0.1, -0.05) is 61.5 Å². The molecule has 0 bridgehead atoms. The van der Waals surface area contributed by atoms with Gasteiger partial charge in [0, 0.05) is 11.5 Å². The van der Waals surface area contributed by atoms with Crippen molar-refractivity contribution in [2.24, 2.45) is 40.9 Å². The van der Waals surface area contributed by atoms with Gasteiger partial charge in [-0.25, -0.2) is 0 Å². The Morgan fingerprint density at radius 3 is 2.24 bits per heavy atom. The largest absolute Gasteiger partial charge is 0.390 e. The number of ketones is 1. The van der Waals surface area contributed by atoms with Gasteiger partial charge in [-0.05, 0) is 111 Å². The Balaban J connectivity index is 1.19. The standard InChI is InChI=1S/C32H40O2/c1-31(34)18-16-25-24(20-31)12-13-27-26(25)17-19-32(2)28(27)14-15-29(32)30(33)23-10-8-22(9-11-23)21-6-4-3-5-7-21/h3-11,24-29,34H,12-20H2,1-2H3/t24-,25-,26+,27+,28-,29+,31+,32-/m0/s1. The Morgan fingerprint density at radius 2 is 1.47 bits per heavy atom. The van der Waals surface area contributed by atoms with E-state index < -0.39 is 5.60 Å². The summed E-state index contributed by atoms with van der Waals surface area (Å²) in [4.78, 5) is 13.8. The van der Waals surface area contributed by atoms with Crippen LogP contribution >= 0.6 is 0 Å². The van der Waals surface area contributed by atoms with Crippen LogP contribution in [0.3, 0.4) is 0 Å². The maximum Gasteiger partial charge on any atom is 0.166 e. The predicted octanol–water partition coefficient (Wildman–Crippen LogP) is 7.56. The molecule has 2 nitrogen and oxygen atoms in total. The molecule has 2 aromatic rings. The summed E-state index contributed by atoms with van der Waals surface area (Å²) in [7, 11) is 0. The number of hydrogen-bond acceptors (Lipinski definition) is 2. The molecule has 4 fully saturated rings. The predicted molar refractivity (Wildman–Crippen MR) is 137 cm³/mol. The molecule has 8 atom stereocenters. The highest BCUT2D eigenvalue weighted by atomic mass is 16.3. The molecule has 4 aliphatic rings. The van der Waals surface area contributed by atoms with Crippen LogP contribution in [0.1, 0.15) is 82.0 Å². The molecule has 1 N–H and O–H groups in total. The van der Waals surface area contributed by atoms with Crippen molar-refractivity contribution in [3.8, 4) is 11.1 Å². The zero-order valence-corrected chi connectivity index (χ0v) is 20.9. The number of Topliss-reactive ketones (excluding diaryl/α,β-unsaturated/α-hetero) is 1. The topological polar surface area (TPSA) is 37.3 Å². The molecule has 0 amide bonds. The summed E-state index contributed by atoms with van der Waals surface area (Å²) in [6, 6.07) is 18.8. The molecular weight excluding hydrogens is 416 g/mol. The summed E-state index contributed by atoms with van der Waals surface area (Å²) >= 11 is 0. The minimum absolute atomic E-state index is 0.156. The molecule has 4 aliphatic carbocycles. The normalized spacial score (nSPS) is 41.3. The van der Waals surface area contributed by atoms with Crippen LogP contribution in [0.5, 0.6) is 0 Å². The van der Waals surface area contributed by atoms with E-state index in [2.05, 4.69) is 55.5 Å². The van der Waals surface area contributed by atoms with Gasteiger partial charge in [-0.15, -0.1) is 0 Å².